The number of hydrogen-bond donors (Lipinski definition) is 1. The highest BCUT2D eigenvalue weighted by Crippen LogP contribution is 2.31. The number of nitrogens with zero attached hydrogens (tertiary/aromatic N) is 1. The Morgan fingerprint density at radius 1 is 0.938 bits per heavy atom. The third-order valence-electron chi connectivity index (χ3n) is 5.59. The van der Waals surface area contributed by atoms with Gasteiger partial charge in [-0.3, -0.25) is 9.78 Å². The summed E-state index contributed by atoms with van der Waals surface area (Å²) in [7, 11) is 0. The molecule has 4 heteroatoms. The predicted molar refractivity (Wildman–Crippen MR) is 135 cm³/mol. The number of benzene rings is 3. The molecule has 32 heavy (non-hydrogen) atoms. The number of carbonyl (C=O) groups excluding carboxylic acids is 1. The van der Waals surface area contributed by atoms with Gasteiger partial charge in [-0.15, -0.1) is 11.8 Å². The molecule has 1 heterocycles. The molecule has 3 aromatic carbocycles. The van der Waals surface area contributed by atoms with Gasteiger partial charge >= 0.3 is 0 Å². The minimum absolute atomic E-state index is 0.122. The van der Waals surface area contributed by atoms with E-state index in [1.165, 1.54) is 11.1 Å². The molecule has 1 N–H and O–H groups in total. The summed E-state index contributed by atoms with van der Waals surface area (Å²) >= 11 is 1.67. The van der Waals surface area contributed by atoms with Gasteiger partial charge in [0.05, 0.1) is 5.69 Å². The summed E-state index contributed by atoms with van der Waals surface area (Å²) in [5.74, 6) is -0.122. The molecule has 0 bridgehead atoms. The van der Waals surface area contributed by atoms with Gasteiger partial charge in [0, 0.05) is 27.9 Å². The minimum atomic E-state index is -0.122. The van der Waals surface area contributed by atoms with Crippen molar-refractivity contribution in [2.45, 2.75) is 25.2 Å². The number of hydrogen-bond acceptors (Lipinski definition) is 3. The van der Waals surface area contributed by atoms with Crippen LogP contribution in [0.1, 0.15) is 28.4 Å². The van der Waals surface area contributed by atoms with E-state index in [1.807, 2.05) is 60.9 Å². The topological polar surface area (TPSA) is 42.0 Å². The van der Waals surface area contributed by atoms with Crippen molar-refractivity contribution in [1.82, 2.24) is 4.98 Å². The van der Waals surface area contributed by atoms with E-state index in [0.29, 0.717) is 5.56 Å². The quantitative estimate of drug-likeness (QED) is 0.322. The lowest BCUT2D eigenvalue weighted by Gasteiger charge is -2.14. The van der Waals surface area contributed by atoms with Crippen molar-refractivity contribution in [3.63, 3.8) is 0 Å². The Balaban J connectivity index is 1.68. The maximum atomic E-state index is 13.3. The molecule has 0 saturated carbocycles. The van der Waals surface area contributed by atoms with Gasteiger partial charge in [0.2, 0.25) is 0 Å². The Morgan fingerprint density at radius 3 is 2.53 bits per heavy atom. The number of pyridine rings is 1. The Labute approximate surface area is 193 Å². The maximum absolute atomic E-state index is 13.3. The smallest absolute Gasteiger partial charge is 0.256 e. The normalized spacial score (nSPS) is 10.7. The van der Waals surface area contributed by atoms with Crippen LogP contribution in [0.25, 0.3) is 22.4 Å². The Bertz CT molecular complexity index is 1250. The molecule has 0 spiro atoms. The molecule has 0 atom stereocenters. The second-order valence-corrected chi connectivity index (χ2v) is 8.54. The van der Waals surface area contributed by atoms with Crippen molar-refractivity contribution in [2.75, 3.05) is 11.6 Å². The second kappa shape index (κ2) is 9.84. The van der Waals surface area contributed by atoms with E-state index in [4.69, 9.17) is 0 Å². The number of aromatic nitrogens is 1. The molecular formula is C28H26N2OS. The molecular weight excluding hydrogens is 412 g/mol. The highest BCUT2D eigenvalue weighted by atomic mass is 32.2. The minimum Gasteiger partial charge on any atom is -0.322 e. The van der Waals surface area contributed by atoms with Crippen molar-refractivity contribution in [2.24, 2.45) is 0 Å². The van der Waals surface area contributed by atoms with E-state index in [2.05, 4.69) is 48.4 Å². The van der Waals surface area contributed by atoms with Gasteiger partial charge < -0.3 is 5.32 Å². The molecule has 0 aliphatic carbocycles. The fourth-order valence-corrected chi connectivity index (χ4v) is 4.28. The van der Waals surface area contributed by atoms with Crippen LogP contribution in [0.2, 0.25) is 0 Å². The third-order valence-corrected chi connectivity index (χ3v) is 6.31. The summed E-state index contributed by atoms with van der Waals surface area (Å²) < 4.78 is 0. The van der Waals surface area contributed by atoms with Crippen LogP contribution >= 0.6 is 11.8 Å². The predicted octanol–water partition coefficient (Wildman–Crippen LogP) is 7.26. The van der Waals surface area contributed by atoms with E-state index in [1.54, 1.807) is 18.0 Å². The van der Waals surface area contributed by atoms with Gasteiger partial charge in [-0.2, -0.15) is 0 Å². The van der Waals surface area contributed by atoms with Gasteiger partial charge in [0.1, 0.15) is 0 Å². The fourth-order valence-electron chi connectivity index (χ4n) is 3.84. The van der Waals surface area contributed by atoms with Crippen LogP contribution in [-0.4, -0.2) is 17.1 Å². The SMILES string of the molecule is CCc1ccc(-c2cc(SC)ccc2C(=O)Nc2cccc(-c3ccccn3)c2)cc1C. The van der Waals surface area contributed by atoms with Crippen LogP contribution in [0, 0.1) is 6.92 Å². The summed E-state index contributed by atoms with van der Waals surface area (Å²) in [5.41, 5.74) is 7.82. The molecule has 0 radical (unpaired) electrons. The number of rotatable bonds is 6. The number of aryl methyl sites for hydroxylation is 2. The number of carbonyl (C=O) groups is 1. The molecule has 0 saturated heterocycles. The Hall–Kier alpha value is -3.37. The molecule has 0 aliphatic rings. The molecule has 0 fully saturated rings. The largest absolute Gasteiger partial charge is 0.322 e. The second-order valence-electron chi connectivity index (χ2n) is 7.66. The number of anilines is 1. The Morgan fingerprint density at radius 2 is 1.81 bits per heavy atom. The highest BCUT2D eigenvalue weighted by molar-refractivity contribution is 7.98. The van der Waals surface area contributed by atoms with Crippen LogP contribution in [0.5, 0.6) is 0 Å². The first-order valence-electron chi connectivity index (χ1n) is 10.7. The lowest BCUT2D eigenvalue weighted by atomic mass is 9.95. The molecule has 4 aromatic rings. The first kappa shape index (κ1) is 21.8. The maximum Gasteiger partial charge on any atom is 0.256 e. The van der Waals surface area contributed by atoms with Crippen molar-refractivity contribution in [3.8, 4) is 22.4 Å². The van der Waals surface area contributed by atoms with Gasteiger partial charge in [0.15, 0.2) is 0 Å². The number of amides is 1. The molecule has 0 unspecified atom stereocenters. The van der Waals surface area contributed by atoms with Crippen LogP contribution in [0.3, 0.4) is 0 Å². The van der Waals surface area contributed by atoms with E-state index in [9.17, 15) is 4.79 Å². The molecule has 1 aromatic heterocycles. The van der Waals surface area contributed by atoms with Crippen molar-refractivity contribution < 1.29 is 4.79 Å². The summed E-state index contributed by atoms with van der Waals surface area (Å²) in [6, 6.07) is 26.1. The molecule has 3 nitrogen and oxygen atoms in total. The van der Waals surface area contributed by atoms with E-state index in [-0.39, 0.29) is 5.91 Å². The van der Waals surface area contributed by atoms with E-state index < -0.39 is 0 Å². The summed E-state index contributed by atoms with van der Waals surface area (Å²) in [6.45, 7) is 4.29. The first-order valence-corrected chi connectivity index (χ1v) is 11.9. The van der Waals surface area contributed by atoms with Crippen molar-refractivity contribution >= 4 is 23.4 Å². The van der Waals surface area contributed by atoms with E-state index >= 15 is 0 Å². The standard InChI is InChI=1S/C28H26N2OS/c1-4-20-11-12-21(16-19(20)2)26-18-24(32-3)13-14-25(26)28(31)30-23-9-7-8-22(17-23)27-10-5-6-15-29-27/h5-18H,4H2,1-3H3,(H,30,31). The molecule has 0 aliphatic heterocycles. The summed E-state index contributed by atoms with van der Waals surface area (Å²) in [6.07, 6.45) is 4.82. The van der Waals surface area contributed by atoms with E-state index in [0.717, 1.165) is 39.4 Å². The zero-order chi connectivity index (χ0) is 22.5. The highest BCUT2D eigenvalue weighted by Gasteiger charge is 2.15. The zero-order valence-corrected chi connectivity index (χ0v) is 19.4. The average molecular weight is 439 g/mol. The monoisotopic (exact) mass is 438 g/mol. The van der Waals surface area contributed by atoms with Crippen LogP contribution < -0.4 is 5.32 Å². The lowest BCUT2D eigenvalue weighted by molar-refractivity contribution is 0.102. The number of nitrogens with one attached hydrogen (secondary N) is 1. The molecule has 4 rings (SSSR count). The third kappa shape index (κ3) is 4.76. The van der Waals surface area contributed by atoms with Crippen molar-refractivity contribution in [1.29, 1.82) is 0 Å². The fraction of sp³-hybridized carbons (Fsp3) is 0.143. The van der Waals surface area contributed by atoms with Gasteiger partial charge in [-0.05, 0) is 84.3 Å². The lowest BCUT2D eigenvalue weighted by Crippen LogP contribution is -2.13. The average Bonchev–Trinajstić information content (AvgIpc) is 2.84. The summed E-state index contributed by atoms with van der Waals surface area (Å²) in [5, 5.41) is 3.08. The number of thioether (sulfide) groups is 1. The van der Waals surface area contributed by atoms with Crippen LogP contribution in [0.15, 0.2) is 90.0 Å². The first-order chi connectivity index (χ1) is 15.6. The Kier molecular flexibility index (Phi) is 6.72. The molecule has 160 valence electrons. The van der Waals surface area contributed by atoms with Crippen LogP contribution in [0.4, 0.5) is 5.69 Å². The van der Waals surface area contributed by atoms with Gasteiger partial charge in [-0.1, -0.05) is 43.3 Å². The summed E-state index contributed by atoms with van der Waals surface area (Å²) in [4.78, 5) is 18.9. The van der Waals surface area contributed by atoms with Gasteiger partial charge in [-0.25, -0.2) is 0 Å². The van der Waals surface area contributed by atoms with Crippen LogP contribution in [-0.2, 0) is 6.42 Å². The molecule has 1 amide bonds. The van der Waals surface area contributed by atoms with Crippen molar-refractivity contribution in [3.05, 3.63) is 102 Å². The van der Waals surface area contributed by atoms with Gasteiger partial charge in [0.25, 0.3) is 5.91 Å². The zero-order valence-electron chi connectivity index (χ0n) is 18.6.